The molecule has 3 rings (SSSR count). The minimum atomic E-state index is -0.648. The Kier molecular flexibility index (Phi) is 7.61. The minimum Gasteiger partial charge on any atom is -0.392 e. The minimum absolute atomic E-state index is 0.149. The molecule has 3 unspecified atom stereocenters. The molecule has 31 heavy (non-hydrogen) atoms. The summed E-state index contributed by atoms with van der Waals surface area (Å²) >= 11 is 0. The number of fused-ring (bicyclic) bond motifs is 1. The molecule has 3 aliphatic carbocycles. The maximum absolute atomic E-state index is 10.4. The smallest absolute Gasteiger partial charge is 0.0837 e. The van der Waals surface area contributed by atoms with Crippen molar-refractivity contribution in [3.63, 3.8) is 0 Å². The lowest BCUT2D eigenvalue weighted by Gasteiger charge is -2.44. The fourth-order valence-corrected chi connectivity index (χ4v) is 6.91. The highest BCUT2D eigenvalue weighted by Crippen LogP contribution is 2.60. The molecular formula is C28H46O3. The third-order valence-electron chi connectivity index (χ3n) is 8.97. The molecule has 3 nitrogen and oxygen atoms in total. The molecule has 0 bridgehead atoms. The normalized spacial score (nSPS) is 40.4. The van der Waals surface area contributed by atoms with Gasteiger partial charge in [-0.3, -0.25) is 0 Å². The molecule has 0 saturated heterocycles. The standard InChI is InChI=1S/C28H46O3/c1-18(9-7-15-27(4,5)31)23-13-14-24-21(10-8-16-28(23,24)6)11-12-22-17-25(29)20(3)26(30)19(22)2/h11-12,18,20,23-26,29-31H,2,7-10,13-17H2,1,3-6H3/t18-,20+,23?,24?,25+,26+,28?/m1/s1. The van der Waals surface area contributed by atoms with Gasteiger partial charge in [0, 0.05) is 5.92 Å². The summed E-state index contributed by atoms with van der Waals surface area (Å²) in [6.07, 6.45) is 13.4. The third kappa shape index (κ3) is 5.37. The van der Waals surface area contributed by atoms with Crippen LogP contribution in [0.3, 0.4) is 0 Å². The Morgan fingerprint density at radius 3 is 2.61 bits per heavy atom. The van der Waals surface area contributed by atoms with Crippen LogP contribution in [0.15, 0.2) is 35.5 Å². The molecule has 3 saturated carbocycles. The quantitative estimate of drug-likeness (QED) is 0.488. The Morgan fingerprint density at radius 2 is 1.94 bits per heavy atom. The Labute approximate surface area is 190 Å². The Morgan fingerprint density at radius 1 is 1.23 bits per heavy atom. The van der Waals surface area contributed by atoms with Crippen molar-refractivity contribution in [1.82, 2.24) is 0 Å². The molecule has 0 aromatic carbocycles. The second-order valence-electron chi connectivity index (χ2n) is 11.8. The van der Waals surface area contributed by atoms with Gasteiger partial charge >= 0.3 is 0 Å². The SMILES string of the molecule is C=C1C(=CC=C2CCCC3(C)C2CCC3[C@H](C)CCCC(C)(C)O)C[C@H](O)[C@H](C)[C@H]1O. The largest absolute Gasteiger partial charge is 0.392 e. The van der Waals surface area contributed by atoms with Gasteiger partial charge in [-0.2, -0.15) is 0 Å². The van der Waals surface area contributed by atoms with Gasteiger partial charge in [-0.15, -0.1) is 0 Å². The molecule has 0 amide bonds. The number of allylic oxidation sites excluding steroid dienone is 3. The Hall–Kier alpha value is -0.900. The summed E-state index contributed by atoms with van der Waals surface area (Å²) < 4.78 is 0. The molecule has 7 atom stereocenters. The van der Waals surface area contributed by atoms with Crippen molar-refractivity contribution in [3.05, 3.63) is 35.5 Å². The van der Waals surface area contributed by atoms with Crippen LogP contribution in [0.2, 0.25) is 0 Å². The lowest BCUT2D eigenvalue weighted by Crippen LogP contribution is -2.36. The van der Waals surface area contributed by atoms with Gasteiger partial charge in [-0.1, -0.05) is 57.9 Å². The van der Waals surface area contributed by atoms with Crippen LogP contribution in [0.5, 0.6) is 0 Å². The van der Waals surface area contributed by atoms with Crippen molar-refractivity contribution in [1.29, 1.82) is 0 Å². The summed E-state index contributed by atoms with van der Waals surface area (Å²) in [4.78, 5) is 0. The van der Waals surface area contributed by atoms with Crippen LogP contribution < -0.4 is 0 Å². The molecule has 176 valence electrons. The molecule has 3 heteroatoms. The summed E-state index contributed by atoms with van der Waals surface area (Å²) in [5, 5.41) is 30.7. The highest BCUT2D eigenvalue weighted by molar-refractivity contribution is 5.39. The molecule has 0 aromatic heterocycles. The van der Waals surface area contributed by atoms with E-state index in [9.17, 15) is 15.3 Å². The van der Waals surface area contributed by atoms with Crippen molar-refractivity contribution < 1.29 is 15.3 Å². The molecule has 0 aromatic rings. The third-order valence-corrected chi connectivity index (χ3v) is 8.97. The van der Waals surface area contributed by atoms with Crippen molar-refractivity contribution in [2.45, 2.75) is 110 Å². The van der Waals surface area contributed by atoms with E-state index in [1.807, 2.05) is 20.8 Å². The molecular weight excluding hydrogens is 384 g/mol. The zero-order valence-electron chi connectivity index (χ0n) is 20.5. The predicted octanol–water partition coefficient (Wildman–Crippen LogP) is 5.95. The highest BCUT2D eigenvalue weighted by atomic mass is 16.3. The first-order chi connectivity index (χ1) is 14.4. The van der Waals surface area contributed by atoms with Crippen LogP contribution in [-0.4, -0.2) is 33.1 Å². The topological polar surface area (TPSA) is 60.7 Å². The van der Waals surface area contributed by atoms with Crippen molar-refractivity contribution >= 4 is 0 Å². The van der Waals surface area contributed by atoms with Gasteiger partial charge in [-0.05, 0) is 93.1 Å². The summed E-state index contributed by atoms with van der Waals surface area (Å²) in [5.41, 5.74) is 3.15. The first-order valence-electron chi connectivity index (χ1n) is 12.6. The van der Waals surface area contributed by atoms with E-state index in [2.05, 4.69) is 32.6 Å². The monoisotopic (exact) mass is 430 g/mol. The van der Waals surface area contributed by atoms with Crippen LogP contribution in [0.25, 0.3) is 0 Å². The van der Waals surface area contributed by atoms with Gasteiger partial charge < -0.3 is 15.3 Å². The second-order valence-corrected chi connectivity index (χ2v) is 11.8. The number of hydrogen-bond acceptors (Lipinski definition) is 3. The van der Waals surface area contributed by atoms with Gasteiger partial charge in [0.15, 0.2) is 0 Å². The zero-order chi connectivity index (χ0) is 23.0. The fourth-order valence-electron chi connectivity index (χ4n) is 6.91. The van der Waals surface area contributed by atoms with E-state index in [4.69, 9.17) is 0 Å². The van der Waals surface area contributed by atoms with E-state index in [1.54, 1.807) is 5.57 Å². The summed E-state index contributed by atoms with van der Waals surface area (Å²) in [6, 6.07) is 0. The fraction of sp³-hybridized carbons (Fsp3) is 0.786. The zero-order valence-corrected chi connectivity index (χ0v) is 20.5. The highest BCUT2D eigenvalue weighted by Gasteiger charge is 2.50. The van der Waals surface area contributed by atoms with Gasteiger partial charge in [0.25, 0.3) is 0 Å². The molecule has 0 spiro atoms. The number of hydrogen-bond donors (Lipinski definition) is 3. The van der Waals surface area contributed by atoms with E-state index in [-0.39, 0.29) is 5.92 Å². The van der Waals surface area contributed by atoms with Crippen molar-refractivity contribution in [2.75, 3.05) is 0 Å². The summed E-state index contributed by atoms with van der Waals surface area (Å²) in [6.45, 7) is 14.8. The maximum Gasteiger partial charge on any atom is 0.0837 e. The second kappa shape index (κ2) is 9.53. The maximum atomic E-state index is 10.4. The first-order valence-corrected chi connectivity index (χ1v) is 12.6. The van der Waals surface area contributed by atoms with Gasteiger partial charge in [-0.25, -0.2) is 0 Å². The molecule has 0 heterocycles. The number of aliphatic hydroxyl groups is 3. The van der Waals surface area contributed by atoms with E-state index in [0.29, 0.717) is 23.7 Å². The summed E-state index contributed by atoms with van der Waals surface area (Å²) in [5.74, 6) is 1.94. The van der Waals surface area contributed by atoms with Crippen molar-refractivity contribution in [3.8, 4) is 0 Å². The Bertz CT molecular complexity index is 712. The molecule has 3 N–H and O–H groups in total. The first kappa shape index (κ1) is 24.7. The van der Waals surface area contributed by atoms with Gasteiger partial charge in [0.05, 0.1) is 17.8 Å². The van der Waals surface area contributed by atoms with E-state index in [0.717, 1.165) is 36.3 Å². The van der Waals surface area contributed by atoms with Crippen LogP contribution in [-0.2, 0) is 0 Å². The van der Waals surface area contributed by atoms with Crippen molar-refractivity contribution in [2.24, 2.45) is 29.1 Å². The van der Waals surface area contributed by atoms with Crippen LogP contribution in [0, 0.1) is 29.1 Å². The molecule has 3 aliphatic rings. The average Bonchev–Trinajstić information content (AvgIpc) is 3.04. The van der Waals surface area contributed by atoms with Crippen LogP contribution >= 0.6 is 0 Å². The number of rotatable bonds is 6. The van der Waals surface area contributed by atoms with Crippen LogP contribution in [0.4, 0.5) is 0 Å². The van der Waals surface area contributed by atoms with E-state index in [1.165, 1.54) is 32.1 Å². The van der Waals surface area contributed by atoms with Gasteiger partial charge in [0.1, 0.15) is 0 Å². The predicted molar refractivity (Wildman–Crippen MR) is 129 cm³/mol. The average molecular weight is 431 g/mol. The lowest BCUT2D eigenvalue weighted by atomic mass is 9.60. The lowest BCUT2D eigenvalue weighted by molar-refractivity contribution is 0.0283. The molecule has 0 radical (unpaired) electrons. The summed E-state index contributed by atoms with van der Waals surface area (Å²) in [7, 11) is 0. The molecule has 0 aliphatic heterocycles. The number of aliphatic hydroxyl groups excluding tert-OH is 2. The Balaban J connectivity index is 1.71. The molecule has 3 fully saturated rings. The van der Waals surface area contributed by atoms with E-state index < -0.39 is 17.8 Å². The van der Waals surface area contributed by atoms with Gasteiger partial charge in [0.2, 0.25) is 0 Å². The van der Waals surface area contributed by atoms with E-state index >= 15 is 0 Å². The van der Waals surface area contributed by atoms with Crippen LogP contribution in [0.1, 0.15) is 92.4 Å².